The Morgan fingerprint density at radius 1 is 1.23 bits per heavy atom. The summed E-state index contributed by atoms with van der Waals surface area (Å²) in [7, 11) is 1.62. The molecule has 1 amide bonds. The highest BCUT2D eigenvalue weighted by molar-refractivity contribution is 7.07. The van der Waals surface area contributed by atoms with Crippen molar-refractivity contribution >= 4 is 46.1 Å². The van der Waals surface area contributed by atoms with Crippen LogP contribution in [0.15, 0.2) is 41.2 Å². The van der Waals surface area contributed by atoms with E-state index in [1.165, 1.54) is 10.6 Å². The SMILES string of the molecule is CCOC(=O)C=c1sc(=Cc2ccc3cc(OC)ccc3c2)c(=O)n1CC(=O)NCC1CCCO1. The molecule has 184 valence electrons. The summed E-state index contributed by atoms with van der Waals surface area (Å²) >= 11 is 1.15. The Kier molecular flexibility index (Phi) is 7.99. The van der Waals surface area contributed by atoms with Crippen molar-refractivity contribution in [3.63, 3.8) is 0 Å². The number of hydrogen-bond donors (Lipinski definition) is 1. The minimum Gasteiger partial charge on any atom is -0.497 e. The van der Waals surface area contributed by atoms with E-state index in [1.54, 1.807) is 20.1 Å². The molecule has 0 saturated carbocycles. The van der Waals surface area contributed by atoms with Gasteiger partial charge >= 0.3 is 5.97 Å². The lowest BCUT2D eigenvalue weighted by atomic mass is 10.1. The zero-order valence-electron chi connectivity index (χ0n) is 19.7. The average Bonchev–Trinajstić information content (AvgIpc) is 3.47. The van der Waals surface area contributed by atoms with E-state index in [-0.39, 0.29) is 30.7 Å². The standard InChI is InChI=1S/C26H28N2O6S/c1-3-33-25(30)14-24-28(16-23(29)27-15-21-5-4-10-34-21)26(31)22(35-24)12-17-6-7-19-13-20(32-2)9-8-18(19)11-17/h6-9,11-14,21H,3-5,10,15-16H2,1-2H3,(H,27,29). The van der Waals surface area contributed by atoms with Gasteiger partial charge in [0.1, 0.15) is 17.0 Å². The third kappa shape index (κ3) is 6.17. The predicted octanol–water partition coefficient (Wildman–Crippen LogP) is 1.54. The second-order valence-corrected chi connectivity index (χ2v) is 9.21. The molecule has 4 rings (SSSR count). The number of esters is 1. The molecule has 8 nitrogen and oxygen atoms in total. The predicted molar refractivity (Wildman–Crippen MR) is 135 cm³/mol. The van der Waals surface area contributed by atoms with Crippen LogP contribution in [0.2, 0.25) is 0 Å². The molecule has 3 aromatic rings. The Bertz CT molecular complexity index is 1400. The van der Waals surface area contributed by atoms with Gasteiger partial charge in [0, 0.05) is 13.2 Å². The highest BCUT2D eigenvalue weighted by Crippen LogP contribution is 2.22. The molecule has 2 aromatic carbocycles. The lowest BCUT2D eigenvalue weighted by Crippen LogP contribution is -2.40. The Hall–Kier alpha value is -3.43. The first-order valence-electron chi connectivity index (χ1n) is 11.5. The maximum Gasteiger partial charge on any atom is 0.333 e. The summed E-state index contributed by atoms with van der Waals surface area (Å²) in [6.45, 7) is 2.83. The van der Waals surface area contributed by atoms with Gasteiger partial charge in [-0.1, -0.05) is 18.2 Å². The minimum atomic E-state index is -0.562. The summed E-state index contributed by atoms with van der Waals surface area (Å²) in [6, 6.07) is 11.6. The van der Waals surface area contributed by atoms with E-state index in [0.29, 0.717) is 22.3 Å². The number of methoxy groups -OCH3 is 1. The number of ether oxygens (including phenoxy) is 3. The van der Waals surface area contributed by atoms with Crippen LogP contribution in [0.1, 0.15) is 25.3 Å². The van der Waals surface area contributed by atoms with Gasteiger partial charge in [-0.2, -0.15) is 0 Å². The summed E-state index contributed by atoms with van der Waals surface area (Å²) in [4.78, 5) is 37.9. The van der Waals surface area contributed by atoms with Crippen molar-refractivity contribution in [3.8, 4) is 5.75 Å². The first kappa shape index (κ1) is 24.7. The van der Waals surface area contributed by atoms with Crippen LogP contribution in [-0.2, 0) is 25.6 Å². The van der Waals surface area contributed by atoms with E-state index in [9.17, 15) is 14.4 Å². The van der Waals surface area contributed by atoms with Gasteiger partial charge in [-0.25, -0.2) is 4.79 Å². The zero-order chi connectivity index (χ0) is 24.8. The van der Waals surface area contributed by atoms with Crippen LogP contribution in [0.3, 0.4) is 0 Å². The van der Waals surface area contributed by atoms with Crippen molar-refractivity contribution in [1.82, 2.24) is 9.88 Å². The van der Waals surface area contributed by atoms with Crippen molar-refractivity contribution < 1.29 is 23.8 Å². The number of thiazole rings is 1. The molecule has 0 radical (unpaired) electrons. The molecule has 1 aliphatic rings. The fraction of sp³-hybridized carbons (Fsp3) is 0.346. The summed E-state index contributed by atoms with van der Waals surface area (Å²) in [6.07, 6.45) is 4.90. The molecule has 1 saturated heterocycles. The van der Waals surface area contributed by atoms with Crippen molar-refractivity contribution in [2.24, 2.45) is 0 Å². The average molecular weight is 497 g/mol. The first-order valence-corrected chi connectivity index (χ1v) is 12.3. The largest absolute Gasteiger partial charge is 0.497 e. The lowest BCUT2D eigenvalue weighted by molar-refractivity contribution is -0.135. The number of carbonyl (C=O) groups excluding carboxylic acids is 2. The maximum absolute atomic E-state index is 13.2. The van der Waals surface area contributed by atoms with Crippen molar-refractivity contribution in [1.29, 1.82) is 0 Å². The van der Waals surface area contributed by atoms with E-state index < -0.39 is 5.97 Å². The topological polar surface area (TPSA) is 95.9 Å². The number of rotatable bonds is 8. The molecule has 1 fully saturated rings. The van der Waals surface area contributed by atoms with Crippen LogP contribution in [0.5, 0.6) is 5.75 Å². The molecule has 35 heavy (non-hydrogen) atoms. The molecule has 1 atom stereocenters. The Morgan fingerprint density at radius 3 is 2.77 bits per heavy atom. The molecular formula is C26H28N2O6S. The molecule has 1 aromatic heterocycles. The maximum atomic E-state index is 13.2. The van der Waals surface area contributed by atoms with Gasteiger partial charge in [-0.05, 0) is 60.4 Å². The molecule has 1 aliphatic heterocycles. The fourth-order valence-electron chi connectivity index (χ4n) is 3.92. The number of carbonyl (C=O) groups is 2. The second-order valence-electron chi connectivity index (χ2n) is 8.15. The van der Waals surface area contributed by atoms with Gasteiger partial charge < -0.3 is 19.5 Å². The van der Waals surface area contributed by atoms with Crippen LogP contribution in [0.25, 0.3) is 22.9 Å². The van der Waals surface area contributed by atoms with E-state index in [1.807, 2.05) is 36.4 Å². The highest BCUT2D eigenvalue weighted by Gasteiger charge is 2.17. The van der Waals surface area contributed by atoms with Crippen LogP contribution >= 0.6 is 11.3 Å². The molecule has 0 aliphatic carbocycles. The third-order valence-corrected chi connectivity index (χ3v) is 6.75. The van der Waals surface area contributed by atoms with E-state index >= 15 is 0 Å². The number of hydrogen-bond acceptors (Lipinski definition) is 7. The smallest absolute Gasteiger partial charge is 0.333 e. The van der Waals surface area contributed by atoms with Crippen molar-refractivity contribution in [3.05, 3.63) is 61.5 Å². The molecule has 9 heteroatoms. The molecule has 0 bridgehead atoms. The molecule has 2 heterocycles. The fourth-order valence-corrected chi connectivity index (χ4v) is 4.95. The van der Waals surface area contributed by atoms with Gasteiger partial charge in [-0.15, -0.1) is 11.3 Å². The monoisotopic (exact) mass is 496 g/mol. The van der Waals surface area contributed by atoms with Crippen molar-refractivity contribution in [2.45, 2.75) is 32.4 Å². The van der Waals surface area contributed by atoms with Gasteiger partial charge in [-0.3, -0.25) is 14.2 Å². The Balaban J connectivity index is 1.66. The summed E-state index contributed by atoms with van der Waals surface area (Å²) in [5.74, 6) is -0.106. The number of aromatic nitrogens is 1. The number of benzene rings is 2. The first-order chi connectivity index (χ1) is 17.0. The number of fused-ring (bicyclic) bond motifs is 1. The van der Waals surface area contributed by atoms with Gasteiger partial charge in [0.05, 0.1) is 30.4 Å². The summed E-state index contributed by atoms with van der Waals surface area (Å²) in [5, 5.41) is 4.85. The van der Waals surface area contributed by atoms with Crippen LogP contribution in [-0.4, -0.2) is 49.4 Å². The van der Waals surface area contributed by atoms with E-state index in [0.717, 1.165) is 46.3 Å². The number of nitrogens with one attached hydrogen (secondary N) is 1. The number of amides is 1. The zero-order valence-corrected chi connectivity index (χ0v) is 20.6. The normalized spacial score (nSPS) is 16.6. The lowest BCUT2D eigenvalue weighted by Gasteiger charge is -2.10. The second kappa shape index (κ2) is 11.3. The van der Waals surface area contributed by atoms with E-state index in [2.05, 4.69) is 5.32 Å². The van der Waals surface area contributed by atoms with Gasteiger partial charge in [0.25, 0.3) is 5.56 Å². The Labute approximate surface area is 206 Å². The quantitative estimate of drug-likeness (QED) is 0.476. The van der Waals surface area contributed by atoms with Gasteiger partial charge in [0.2, 0.25) is 5.91 Å². The Morgan fingerprint density at radius 2 is 2.03 bits per heavy atom. The van der Waals surface area contributed by atoms with Crippen LogP contribution < -0.4 is 24.8 Å². The van der Waals surface area contributed by atoms with Crippen LogP contribution in [0, 0.1) is 0 Å². The van der Waals surface area contributed by atoms with Crippen LogP contribution in [0.4, 0.5) is 0 Å². The van der Waals surface area contributed by atoms with Gasteiger partial charge in [0.15, 0.2) is 0 Å². The number of nitrogens with zero attached hydrogens (tertiary/aromatic N) is 1. The summed E-state index contributed by atoms with van der Waals surface area (Å²) < 4.78 is 17.9. The molecule has 0 spiro atoms. The molecule has 1 unspecified atom stereocenters. The third-order valence-electron chi connectivity index (χ3n) is 5.69. The highest BCUT2D eigenvalue weighted by atomic mass is 32.1. The summed E-state index contributed by atoms with van der Waals surface area (Å²) in [5.41, 5.74) is 0.492. The van der Waals surface area contributed by atoms with Crippen molar-refractivity contribution in [2.75, 3.05) is 26.9 Å². The van der Waals surface area contributed by atoms with E-state index in [4.69, 9.17) is 14.2 Å². The minimum absolute atomic E-state index is 0.000442. The molecule has 1 N–H and O–H groups in total. The molecular weight excluding hydrogens is 468 g/mol.